The zero-order valence-electron chi connectivity index (χ0n) is 16.8. The molecule has 0 unspecified atom stereocenters. The van der Waals surface area contributed by atoms with Crippen molar-refractivity contribution in [3.63, 3.8) is 0 Å². The van der Waals surface area contributed by atoms with E-state index in [0.717, 1.165) is 29.3 Å². The normalized spacial score (nSPS) is 11.0. The molecule has 0 saturated heterocycles. The van der Waals surface area contributed by atoms with Crippen LogP contribution in [0.25, 0.3) is 22.4 Å². The predicted octanol–water partition coefficient (Wildman–Crippen LogP) is 5.99. The lowest BCUT2D eigenvalue weighted by molar-refractivity contribution is 0.589. The summed E-state index contributed by atoms with van der Waals surface area (Å²) in [5.41, 5.74) is 6.79. The molecule has 4 nitrogen and oxygen atoms in total. The second-order valence-electron chi connectivity index (χ2n) is 7.47. The second-order valence-corrected chi connectivity index (χ2v) is 7.47. The molecule has 29 heavy (non-hydrogen) atoms. The largest absolute Gasteiger partial charge is 0.339 e. The molecule has 3 N–H and O–H groups in total. The first-order chi connectivity index (χ1) is 14.2. The number of benzene rings is 3. The minimum atomic E-state index is 0.482. The molecule has 0 spiro atoms. The van der Waals surface area contributed by atoms with Crippen molar-refractivity contribution in [2.75, 3.05) is 5.32 Å². The standard InChI is InChI=1S/C25H26N4/c1-18(2)26-17-19-11-13-23(14-12-19)27-25-16-24(28-29-25)22-10-6-9-21(15-22)20-7-4-3-5-8-20/h3-16,18,26H,17H2,1-2H3,(H2,27,28,29). The Balaban J connectivity index is 1.46. The first kappa shape index (κ1) is 19.0. The molecule has 0 aliphatic rings. The minimum Gasteiger partial charge on any atom is -0.339 e. The summed E-state index contributed by atoms with van der Waals surface area (Å²) in [6, 6.07) is 29.9. The van der Waals surface area contributed by atoms with Crippen LogP contribution in [0.3, 0.4) is 0 Å². The fourth-order valence-electron chi connectivity index (χ4n) is 3.21. The number of H-pyrrole nitrogens is 1. The van der Waals surface area contributed by atoms with Gasteiger partial charge in [0.15, 0.2) is 5.82 Å². The molecule has 0 amide bonds. The van der Waals surface area contributed by atoms with Gasteiger partial charge in [-0.2, -0.15) is 5.10 Å². The van der Waals surface area contributed by atoms with E-state index in [9.17, 15) is 0 Å². The van der Waals surface area contributed by atoms with Gasteiger partial charge in [0.25, 0.3) is 0 Å². The van der Waals surface area contributed by atoms with Crippen molar-refractivity contribution < 1.29 is 0 Å². The fourth-order valence-corrected chi connectivity index (χ4v) is 3.21. The summed E-state index contributed by atoms with van der Waals surface area (Å²) in [5.74, 6) is 0.804. The lowest BCUT2D eigenvalue weighted by Gasteiger charge is -2.09. The van der Waals surface area contributed by atoms with Gasteiger partial charge in [-0.05, 0) is 34.9 Å². The molecule has 0 aliphatic heterocycles. The molecule has 0 saturated carbocycles. The van der Waals surface area contributed by atoms with E-state index in [4.69, 9.17) is 0 Å². The molecule has 4 heteroatoms. The predicted molar refractivity (Wildman–Crippen MR) is 121 cm³/mol. The summed E-state index contributed by atoms with van der Waals surface area (Å²) in [5, 5.41) is 14.4. The van der Waals surface area contributed by atoms with E-state index >= 15 is 0 Å². The molecule has 0 fully saturated rings. The van der Waals surface area contributed by atoms with Crippen LogP contribution in [-0.2, 0) is 6.54 Å². The highest BCUT2D eigenvalue weighted by Crippen LogP contribution is 2.27. The highest BCUT2D eigenvalue weighted by atomic mass is 15.2. The Bertz CT molecular complexity index is 1050. The SMILES string of the molecule is CC(C)NCc1ccc(Nc2cc(-c3cccc(-c4ccccc4)c3)[nH]n2)cc1. The quantitative estimate of drug-likeness (QED) is 0.368. The number of hydrogen-bond donors (Lipinski definition) is 3. The molecule has 0 bridgehead atoms. The highest BCUT2D eigenvalue weighted by Gasteiger charge is 2.06. The minimum absolute atomic E-state index is 0.482. The Morgan fingerprint density at radius 3 is 2.28 bits per heavy atom. The summed E-state index contributed by atoms with van der Waals surface area (Å²) < 4.78 is 0. The van der Waals surface area contributed by atoms with Gasteiger partial charge >= 0.3 is 0 Å². The third-order valence-corrected chi connectivity index (χ3v) is 4.80. The van der Waals surface area contributed by atoms with Crippen LogP contribution in [-0.4, -0.2) is 16.2 Å². The van der Waals surface area contributed by atoms with Crippen molar-refractivity contribution in [1.82, 2.24) is 15.5 Å². The average molecular weight is 383 g/mol. The van der Waals surface area contributed by atoms with Crippen molar-refractivity contribution in [3.8, 4) is 22.4 Å². The van der Waals surface area contributed by atoms with Crippen LogP contribution in [0.4, 0.5) is 11.5 Å². The summed E-state index contributed by atoms with van der Waals surface area (Å²) in [7, 11) is 0. The molecule has 4 aromatic rings. The smallest absolute Gasteiger partial charge is 0.152 e. The van der Waals surface area contributed by atoms with Gasteiger partial charge in [0.2, 0.25) is 0 Å². The third kappa shape index (κ3) is 4.92. The molecule has 3 aromatic carbocycles. The van der Waals surface area contributed by atoms with E-state index in [1.165, 1.54) is 16.7 Å². The second kappa shape index (κ2) is 8.76. The zero-order valence-corrected chi connectivity index (χ0v) is 16.8. The van der Waals surface area contributed by atoms with Gasteiger partial charge in [0, 0.05) is 29.9 Å². The molecule has 1 heterocycles. The molecule has 4 rings (SSSR count). The van der Waals surface area contributed by atoms with E-state index < -0.39 is 0 Å². The molecular formula is C25H26N4. The lowest BCUT2D eigenvalue weighted by atomic mass is 10.0. The fraction of sp³-hybridized carbons (Fsp3) is 0.160. The number of nitrogens with one attached hydrogen (secondary N) is 3. The maximum absolute atomic E-state index is 4.42. The number of hydrogen-bond acceptors (Lipinski definition) is 3. The molecular weight excluding hydrogens is 356 g/mol. The van der Waals surface area contributed by atoms with Gasteiger partial charge in [-0.1, -0.05) is 74.5 Å². The van der Waals surface area contributed by atoms with E-state index in [2.05, 4.69) is 107 Å². The molecule has 0 atom stereocenters. The summed E-state index contributed by atoms with van der Waals surface area (Å²) >= 11 is 0. The van der Waals surface area contributed by atoms with Crippen LogP contribution in [0.15, 0.2) is 84.9 Å². The molecule has 1 aromatic heterocycles. The number of aromatic amines is 1. The first-order valence-electron chi connectivity index (χ1n) is 9.98. The summed E-state index contributed by atoms with van der Waals surface area (Å²) in [4.78, 5) is 0. The van der Waals surface area contributed by atoms with Gasteiger partial charge in [0.1, 0.15) is 0 Å². The highest BCUT2D eigenvalue weighted by molar-refractivity contribution is 5.73. The Hall–Kier alpha value is -3.37. The van der Waals surface area contributed by atoms with Crippen molar-refractivity contribution in [3.05, 3.63) is 90.5 Å². The van der Waals surface area contributed by atoms with Crippen LogP contribution in [0.5, 0.6) is 0 Å². The molecule has 0 radical (unpaired) electrons. The van der Waals surface area contributed by atoms with Gasteiger partial charge in [-0.15, -0.1) is 0 Å². The van der Waals surface area contributed by atoms with E-state index in [-0.39, 0.29) is 0 Å². The third-order valence-electron chi connectivity index (χ3n) is 4.80. The average Bonchev–Trinajstić information content (AvgIpc) is 3.22. The monoisotopic (exact) mass is 382 g/mol. The van der Waals surface area contributed by atoms with Gasteiger partial charge in [-0.25, -0.2) is 0 Å². The number of rotatable bonds is 7. The van der Waals surface area contributed by atoms with Crippen molar-refractivity contribution in [2.24, 2.45) is 0 Å². The van der Waals surface area contributed by atoms with Crippen molar-refractivity contribution in [1.29, 1.82) is 0 Å². The van der Waals surface area contributed by atoms with Crippen LogP contribution in [0.2, 0.25) is 0 Å². The summed E-state index contributed by atoms with van der Waals surface area (Å²) in [6.07, 6.45) is 0. The molecule has 0 aliphatic carbocycles. The Morgan fingerprint density at radius 2 is 1.52 bits per heavy atom. The van der Waals surface area contributed by atoms with Crippen molar-refractivity contribution in [2.45, 2.75) is 26.4 Å². The maximum Gasteiger partial charge on any atom is 0.152 e. The van der Waals surface area contributed by atoms with Crippen LogP contribution in [0, 0.1) is 0 Å². The number of nitrogens with zero attached hydrogens (tertiary/aromatic N) is 1. The van der Waals surface area contributed by atoms with E-state index in [1.807, 2.05) is 12.1 Å². The van der Waals surface area contributed by atoms with Gasteiger partial charge in [-0.3, -0.25) is 5.10 Å². The first-order valence-corrected chi connectivity index (χ1v) is 9.98. The number of aromatic nitrogens is 2. The topological polar surface area (TPSA) is 52.7 Å². The lowest BCUT2D eigenvalue weighted by Crippen LogP contribution is -2.21. The Kier molecular flexibility index (Phi) is 5.73. The van der Waals surface area contributed by atoms with Crippen molar-refractivity contribution >= 4 is 11.5 Å². The summed E-state index contributed by atoms with van der Waals surface area (Å²) in [6.45, 7) is 5.18. The van der Waals surface area contributed by atoms with Gasteiger partial charge in [0.05, 0.1) is 5.69 Å². The number of anilines is 2. The zero-order chi connectivity index (χ0) is 20.1. The van der Waals surface area contributed by atoms with Crippen LogP contribution >= 0.6 is 0 Å². The van der Waals surface area contributed by atoms with Crippen LogP contribution < -0.4 is 10.6 Å². The van der Waals surface area contributed by atoms with Gasteiger partial charge < -0.3 is 10.6 Å². The van der Waals surface area contributed by atoms with E-state index in [0.29, 0.717) is 6.04 Å². The maximum atomic E-state index is 4.42. The Morgan fingerprint density at radius 1 is 0.793 bits per heavy atom. The molecule has 146 valence electrons. The van der Waals surface area contributed by atoms with Crippen LogP contribution in [0.1, 0.15) is 19.4 Å². The van der Waals surface area contributed by atoms with E-state index in [1.54, 1.807) is 0 Å². The Labute approximate surface area is 172 Å².